The monoisotopic (exact) mass is 640 g/mol. The number of benzene rings is 1. The Morgan fingerprint density at radius 2 is 2.09 bits per heavy atom. The number of hydrogen-bond acceptors (Lipinski definition) is 12. The number of cyclic esters (lactones) is 1. The molecule has 3 fully saturated rings. The van der Waals surface area contributed by atoms with Gasteiger partial charge in [0.05, 0.1) is 17.6 Å². The van der Waals surface area contributed by atoms with Gasteiger partial charge in [-0.2, -0.15) is 10.2 Å². The van der Waals surface area contributed by atoms with Gasteiger partial charge in [0, 0.05) is 43.0 Å². The van der Waals surface area contributed by atoms with Crippen LogP contribution in [0.1, 0.15) is 67.0 Å². The Morgan fingerprint density at radius 3 is 2.87 bits per heavy atom. The van der Waals surface area contributed by atoms with Crippen LogP contribution in [0.4, 0.5) is 16.3 Å². The van der Waals surface area contributed by atoms with Gasteiger partial charge < -0.3 is 29.7 Å². The first-order valence-electron chi connectivity index (χ1n) is 16.6. The Bertz CT molecular complexity index is 1790. The molecule has 2 aliphatic carbocycles. The number of nitriles is 1. The molecule has 4 atom stereocenters. The predicted octanol–water partition coefficient (Wildman–Crippen LogP) is 3.02. The van der Waals surface area contributed by atoms with Crippen LogP contribution in [-0.4, -0.2) is 100 Å². The molecule has 3 unspecified atom stereocenters. The number of ether oxygens (including phenoxy) is 2. The van der Waals surface area contributed by atoms with Crippen LogP contribution >= 0.6 is 0 Å². The highest BCUT2D eigenvalue weighted by Crippen LogP contribution is 2.54. The number of hydrogen-bond donors (Lipinski definition) is 2. The number of carbonyl (C=O) groups excluding carboxylic acids is 1. The van der Waals surface area contributed by atoms with E-state index in [-0.39, 0.29) is 25.4 Å². The number of nitrogens with zero attached hydrogens (tertiary/aromatic N) is 7. The van der Waals surface area contributed by atoms with Gasteiger partial charge in [-0.25, -0.2) is 9.78 Å². The standard InChI is InChI=1S/C34H40N8O5/c1-20(25-6-4-12-40(25)2)46-27-15-26(41-13-14-42-32(44)45-19-33(42,17-41)18-43)37-31(38-27)29-22-5-3-10-34(30(22)47-39-29)11-9-21-7-8-24(36)23(16-35)28(21)34/h7-8,15,20,25,43H,3-6,9-14,17-19,36H2,1-2H3/t20-,25?,33?,34?/m0/s1. The molecule has 3 aliphatic heterocycles. The molecule has 47 heavy (non-hydrogen) atoms. The summed E-state index contributed by atoms with van der Waals surface area (Å²) in [6.45, 7) is 4.24. The van der Waals surface area contributed by atoms with E-state index < -0.39 is 17.0 Å². The number of aliphatic hydroxyl groups is 1. The summed E-state index contributed by atoms with van der Waals surface area (Å²) in [5.74, 6) is 2.23. The summed E-state index contributed by atoms with van der Waals surface area (Å²) in [4.78, 5) is 28.4. The van der Waals surface area contributed by atoms with Gasteiger partial charge in [0.15, 0.2) is 17.3 Å². The number of nitrogen functional groups attached to an aromatic ring is 1. The van der Waals surface area contributed by atoms with Crippen molar-refractivity contribution in [3.8, 4) is 23.5 Å². The smallest absolute Gasteiger partial charge is 0.410 e. The maximum absolute atomic E-state index is 12.4. The first kappa shape index (κ1) is 30.0. The molecule has 5 aliphatic rings. The minimum Gasteiger partial charge on any atom is -0.473 e. The zero-order valence-electron chi connectivity index (χ0n) is 26.9. The summed E-state index contributed by atoms with van der Waals surface area (Å²) < 4.78 is 18.1. The second kappa shape index (κ2) is 11.1. The van der Waals surface area contributed by atoms with Crippen molar-refractivity contribution in [2.45, 2.75) is 75.0 Å². The molecule has 3 saturated heterocycles. The van der Waals surface area contributed by atoms with Crippen molar-refractivity contribution in [2.24, 2.45) is 0 Å². The van der Waals surface area contributed by atoms with Gasteiger partial charge >= 0.3 is 6.09 Å². The number of carbonyl (C=O) groups is 1. The summed E-state index contributed by atoms with van der Waals surface area (Å²) in [5, 5.41) is 25.1. The molecule has 1 spiro atoms. The van der Waals surface area contributed by atoms with Crippen LogP contribution in [0.15, 0.2) is 22.7 Å². The summed E-state index contributed by atoms with van der Waals surface area (Å²) in [6.07, 6.45) is 5.79. The number of aryl methyl sites for hydroxylation is 1. The molecule has 3 N–H and O–H groups in total. The quantitative estimate of drug-likeness (QED) is 0.379. The van der Waals surface area contributed by atoms with Gasteiger partial charge in [-0.05, 0) is 82.7 Å². The van der Waals surface area contributed by atoms with E-state index in [1.165, 1.54) is 0 Å². The Balaban J connectivity index is 1.21. The van der Waals surface area contributed by atoms with Crippen LogP contribution in [0, 0.1) is 11.3 Å². The lowest BCUT2D eigenvalue weighted by atomic mass is 9.68. The maximum atomic E-state index is 12.4. The molecule has 0 saturated carbocycles. The number of aromatic nitrogens is 3. The molecular weight excluding hydrogens is 600 g/mol. The summed E-state index contributed by atoms with van der Waals surface area (Å²) in [6, 6.07) is 8.34. The van der Waals surface area contributed by atoms with Crippen molar-refractivity contribution in [2.75, 3.05) is 57.1 Å². The Kier molecular flexibility index (Phi) is 7.07. The molecule has 13 heteroatoms. The van der Waals surface area contributed by atoms with Gasteiger partial charge in [0.2, 0.25) is 5.88 Å². The lowest BCUT2D eigenvalue weighted by molar-refractivity contribution is 0.0763. The van der Waals surface area contributed by atoms with Gasteiger partial charge in [-0.3, -0.25) is 9.80 Å². The minimum absolute atomic E-state index is 0.112. The molecule has 5 heterocycles. The number of anilines is 2. The number of likely N-dealkylation sites (tertiary alicyclic amines) is 1. The molecule has 3 aromatic rings. The van der Waals surface area contributed by atoms with Crippen LogP contribution in [0.25, 0.3) is 11.5 Å². The highest BCUT2D eigenvalue weighted by atomic mass is 16.6. The van der Waals surface area contributed by atoms with E-state index in [2.05, 4.69) is 35.0 Å². The molecule has 13 nitrogen and oxygen atoms in total. The van der Waals surface area contributed by atoms with Crippen molar-refractivity contribution in [1.82, 2.24) is 24.9 Å². The Morgan fingerprint density at radius 1 is 1.21 bits per heavy atom. The Labute approximate surface area is 273 Å². The Hall–Kier alpha value is -4.41. The highest BCUT2D eigenvalue weighted by Gasteiger charge is 2.52. The van der Waals surface area contributed by atoms with Crippen molar-refractivity contribution in [1.29, 1.82) is 5.26 Å². The molecule has 8 rings (SSSR count). The normalized spacial score (nSPS) is 27.4. The van der Waals surface area contributed by atoms with Crippen molar-refractivity contribution >= 4 is 17.6 Å². The van der Waals surface area contributed by atoms with E-state index in [0.717, 1.165) is 73.9 Å². The molecular formula is C34H40N8O5. The van der Waals surface area contributed by atoms with Crippen molar-refractivity contribution in [3.63, 3.8) is 0 Å². The fourth-order valence-electron chi connectivity index (χ4n) is 8.84. The van der Waals surface area contributed by atoms with Gasteiger partial charge in [0.25, 0.3) is 0 Å². The zero-order chi connectivity index (χ0) is 32.5. The number of rotatable bonds is 6. The molecule has 246 valence electrons. The summed E-state index contributed by atoms with van der Waals surface area (Å²) in [5.41, 5.74) is 9.61. The minimum atomic E-state index is -0.850. The third kappa shape index (κ3) is 4.56. The highest BCUT2D eigenvalue weighted by molar-refractivity contribution is 5.72. The van der Waals surface area contributed by atoms with Crippen LogP contribution in [-0.2, 0) is 23.0 Å². The van der Waals surface area contributed by atoms with Crippen LogP contribution in [0.3, 0.4) is 0 Å². The molecule has 0 radical (unpaired) electrons. The van der Waals surface area contributed by atoms with E-state index in [1.807, 2.05) is 18.2 Å². The lowest BCUT2D eigenvalue weighted by Crippen LogP contribution is -2.63. The van der Waals surface area contributed by atoms with E-state index in [9.17, 15) is 15.2 Å². The number of piperazine rings is 1. The average Bonchev–Trinajstić information content (AvgIpc) is 3.87. The van der Waals surface area contributed by atoms with Crippen LogP contribution in [0.2, 0.25) is 0 Å². The van der Waals surface area contributed by atoms with Crippen LogP contribution in [0.5, 0.6) is 5.88 Å². The first-order valence-corrected chi connectivity index (χ1v) is 16.6. The van der Waals surface area contributed by atoms with E-state index in [0.29, 0.717) is 54.1 Å². The SMILES string of the molecule is C[C@H](Oc1cc(N2CCN3C(=O)OCC3(CO)C2)nc(-c2noc3c2CCCC32CCc3ccc(N)c(C#N)c32)n1)C1CCCN1C. The topological polar surface area (TPSA) is 167 Å². The maximum Gasteiger partial charge on any atom is 0.410 e. The van der Waals surface area contributed by atoms with Gasteiger partial charge in [-0.1, -0.05) is 11.2 Å². The average molecular weight is 641 g/mol. The van der Waals surface area contributed by atoms with Gasteiger partial charge in [-0.15, -0.1) is 0 Å². The first-order chi connectivity index (χ1) is 22.8. The van der Waals surface area contributed by atoms with Crippen molar-refractivity contribution in [3.05, 3.63) is 46.2 Å². The number of nitrogens with two attached hydrogens (primary N) is 1. The number of aliphatic hydroxyl groups excluding tert-OH is 1. The summed E-state index contributed by atoms with van der Waals surface area (Å²) in [7, 11) is 2.12. The lowest BCUT2D eigenvalue weighted by Gasteiger charge is -2.44. The van der Waals surface area contributed by atoms with E-state index in [1.54, 1.807) is 4.90 Å². The van der Waals surface area contributed by atoms with Crippen molar-refractivity contribution < 1.29 is 23.9 Å². The molecule has 1 amide bonds. The van der Waals surface area contributed by atoms with Gasteiger partial charge in [0.1, 0.15) is 30.1 Å². The second-order valence-corrected chi connectivity index (χ2v) is 13.9. The number of amides is 1. The molecule has 0 bridgehead atoms. The fourth-order valence-corrected chi connectivity index (χ4v) is 8.84. The number of likely N-dealkylation sites (N-methyl/N-ethyl adjacent to an activating group) is 1. The van der Waals surface area contributed by atoms with E-state index >= 15 is 0 Å². The molecule has 2 aromatic heterocycles. The number of fused-ring (bicyclic) bond motifs is 5. The zero-order valence-corrected chi connectivity index (χ0v) is 26.9. The predicted molar refractivity (Wildman–Crippen MR) is 171 cm³/mol. The fraction of sp³-hybridized carbons (Fsp3) is 0.559. The summed E-state index contributed by atoms with van der Waals surface area (Å²) >= 11 is 0. The molecule has 1 aromatic carbocycles. The third-order valence-electron chi connectivity index (χ3n) is 11.3. The van der Waals surface area contributed by atoms with Crippen LogP contribution < -0.4 is 15.4 Å². The van der Waals surface area contributed by atoms with E-state index in [4.69, 9.17) is 29.7 Å². The largest absolute Gasteiger partial charge is 0.473 e. The third-order valence-corrected chi connectivity index (χ3v) is 11.3. The second-order valence-electron chi connectivity index (χ2n) is 13.9.